The third-order valence-electron chi connectivity index (χ3n) is 3.67. The van der Waals surface area contributed by atoms with E-state index in [4.69, 9.17) is 16.0 Å². The smallest absolute Gasteiger partial charge is 0.141 e. The van der Waals surface area contributed by atoms with Crippen LogP contribution in [-0.2, 0) is 13.0 Å². The summed E-state index contributed by atoms with van der Waals surface area (Å²) in [5.41, 5.74) is 1.81. The van der Waals surface area contributed by atoms with Crippen molar-refractivity contribution < 1.29 is 13.2 Å². The predicted octanol–water partition coefficient (Wildman–Crippen LogP) is 5.21. The molecule has 0 aliphatic rings. The molecule has 3 rings (SSSR count). The van der Waals surface area contributed by atoms with Gasteiger partial charge < -0.3 is 9.73 Å². The van der Waals surface area contributed by atoms with Gasteiger partial charge in [0.05, 0.1) is 11.6 Å². The highest BCUT2D eigenvalue weighted by Gasteiger charge is 2.07. The van der Waals surface area contributed by atoms with Crippen molar-refractivity contribution in [1.82, 2.24) is 5.32 Å². The van der Waals surface area contributed by atoms with Gasteiger partial charge in [-0.25, -0.2) is 8.78 Å². The molecule has 1 heterocycles. The second-order valence-corrected chi connectivity index (χ2v) is 5.86. The zero-order chi connectivity index (χ0) is 16.9. The van der Waals surface area contributed by atoms with Crippen molar-refractivity contribution in [3.8, 4) is 11.3 Å². The summed E-state index contributed by atoms with van der Waals surface area (Å²) in [5, 5.41) is 3.35. The molecule has 0 fully saturated rings. The number of rotatable bonds is 6. The fourth-order valence-corrected chi connectivity index (χ4v) is 2.55. The second kappa shape index (κ2) is 7.60. The molecule has 24 heavy (non-hydrogen) atoms. The van der Waals surface area contributed by atoms with E-state index in [2.05, 4.69) is 5.32 Å². The Morgan fingerprint density at radius 2 is 1.75 bits per heavy atom. The summed E-state index contributed by atoms with van der Waals surface area (Å²) in [5.74, 6) is 0.752. The second-order valence-electron chi connectivity index (χ2n) is 5.45. The molecule has 0 bridgehead atoms. The molecule has 2 aromatic carbocycles. The zero-order valence-corrected chi connectivity index (χ0v) is 13.6. The lowest BCUT2D eigenvalue weighted by Crippen LogP contribution is -2.16. The third-order valence-corrected chi connectivity index (χ3v) is 3.96. The van der Waals surface area contributed by atoms with E-state index >= 15 is 0 Å². The maximum Gasteiger partial charge on any atom is 0.141 e. The van der Waals surface area contributed by atoms with E-state index < -0.39 is 5.82 Å². The number of nitrogens with one attached hydrogen (secondary N) is 1. The molecule has 0 saturated carbocycles. The summed E-state index contributed by atoms with van der Waals surface area (Å²) in [6.45, 7) is 1.33. The van der Waals surface area contributed by atoms with Gasteiger partial charge in [0.25, 0.3) is 0 Å². The Hall–Kier alpha value is -2.17. The van der Waals surface area contributed by atoms with E-state index in [-0.39, 0.29) is 10.8 Å². The molecule has 0 spiro atoms. The maximum atomic E-state index is 13.2. The number of benzene rings is 2. The van der Waals surface area contributed by atoms with Crippen LogP contribution in [0.1, 0.15) is 11.3 Å². The zero-order valence-electron chi connectivity index (χ0n) is 12.9. The van der Waals surface area contributed by atoms with Crippen LogP contribution in [0, 0.1) is 11.6 Å². The number of halogens is 3. The first-order chi connectivity index (χ1) is 11.6. The van der Waals surface area contributed by atoms with Gasteiger partial charge in [-0.1, -0.05) is 23.7 Å². The monoisotopic (exact) mass is 347 g/mol. The lowest BCUT2D eigenvalue weighted by molar-refractivity contribution is 0.494. The van der Waals surface area contributed by atoms with Gasteiger partial charge in [-0.15, -0.1) is 0 Å². The van der Waals surface area contributed by atoms with Crippen LogP contribution in [0.15, 0.2) is 59.0 Å². The molecule has 0 amide bonds. The molecule has 0 unspecified atom stereocenters. The molecular formula is C19H16ClF2NO. The van der Waals surface area contributed by atoms with E-state index in [9.17, 15) is 8.78 Å². The van der Waals surface area contributed by atoms with Crippen molar-refractivity contribution in [1.29, 1.82) is 0 Å². The molecule has 2 nitrogen and oxygen atoms in total. The Kier molecular flexibility index (Phi) is 5.28. The van der Waals surface area contributed by atoms with E-state index in [0.29, 0.717) is 12.3 Å². The van der Waals surface area contributed by atoms with Crippen LogP contribution in [0.5, 0.6) is 0 Å². The minimum atomic E-state index is -0.449. The van der Waals surface area contributed by atoms with Gasteiger partial charge in [-0.2, -0.15) is 0 Å². The third kappa shape index (κ3) is 4.22. The van der Waals surface area contributed by atoms with Crippen molar-refractivity contribution in [3.05, 3.63) is 82.6 Å². The minimum absolute atomic E-state index is 0.0721. The summed E-state index contributed by atoms with van der Waals surface area (Å²) in [6.07, 6.45) is 0.807. The van der Waals surface area contributed by atoms with Crippen LogP contribution in [0.2, 0.25) is 5.02 Å². The number of hydrogen-bond acceptors (Lipinski definition) is 2. The normalized spacial score (nSPS) is 11.0. The average Bonchev–Trinajstić information content (AvgIpc) is 3.05. The Labute approximate surface area is 144 Å². The largest absolute Gasteiger partial charge is 0.460 e. The van der Waals surface area contributed by atoms with Gasteiger partial charge in [-0.3, -0.25) is 0 Å². The standard InChI is InChI=1S/C19H16ClF2NO/c20-17-11-14(3-7-18(17)22)19-8-6-16(24-19)12-23-10-9-13-1-4-15(21)5-2-13/h1-8,11,23H,9-10,12H2. The van der Waals surface area contributed by atoms with Crippen LogP contribution < -0.4 is 5.32 Å². The van der Waals surface area contributed by atoms with Crippen molar-refractivity contribution in [2.24, 2.45) is 0 Å². The molecule has 0 aliphatic heterocycles. The lowest BCUT2D eigenvalue weighted by Gasteiger charge is -2.04. The van der Waals surface area contributed by atoms with E-state index in [1.165, 1.54) is 18.2 Å². The van der Waals surface area contributed by atoms with Gasteiger partial charge in [0, 0.05) is 5.56 Å². The van der Waals surface area contributed by atoms with Gasteiger partial charge >= 0.3 is 0 Å². The van der Waals surface area contributed by atoms with Gasteiger partial charge in [0.1, 0.15) is 23.2 Å². The Balaban J connectivity index is 1.52. The quantitative estimate of drug-likeness (QED) is 0.619. The Bertz CT molecular complexity index is 814. The molecule has 0 aliphatic carbocycles. The van der Waals surface area contributed by atoms with Crippen LogP contribution in [-0.4, -0.2) is 6.54 Å². The van der Waals surface area contributed by atoms with Crippen molar-refractivity contribution in [2.45, 2.75) is 13.0 Å². The molecule has 5 heteroatoms. The fourth-order valence-electron chi connectivity index (χ4n) is 2.37. The molecule has 0 saturated heterocycles. The summed E-state index contributed by atoms with van der Waals surface area (Å²) in [4.78, 5) is 0. The summed E-state index contributed by atoms with van der Waals surface area (Å²) in [7, 11) is 0. The summed E-state index contributed by atoms with van der Waals surface area (Å²) in [6, 6.07) is 14.7. The first kappa shape index (κ1) is 16.7. The fraction of sp³-hybridized carbons (Fsp3) is 0.158. The van der Waals surface area contributed by atoms with Crippen molar-refractivity contribution in [2.75, 3.05) is 6.54 Å². The highest BCUT2D eigenvalue weighted by Crippen LogP contribution is 2.26. The molecule has 1 N–H and O–H groups in total. The van der Waals surface area contributed by atoms with E-state index in [1.807, 2.05) is 12.1 Å². The summed E-state index contributed by atoms with van der Waals surface area (Å²) < 4.78 is 31.8. The summed E-state index contributed by atoms with van der Waals surface area (Å²) >= 11 is 5.79. The molecular weight excluding hydrogens is 332 g/mol. The predicted molar refractivity (Wildman–Crippen MR) is 90.9 cm³/mol. The Morgan fingerprint density at radius 1 is 0.958 bits per heavy atom. The highest BCUT2D eigenvalue weighted by atomic mass is 35.5. The van der Waals surface area contributed by atoms with Crippen molar-refractivity contribution in [3.63, 3.8) is 0 Å². The van der Waals surface area contributed by atoms with Gasteiger partial charge in [-0.05, 0) is 61.0 Å². The average molecular weight is 348 g/mol. The van der Waals surface area contributed by atoms with Gasteiger partial charge in [0.2, 0.25) is 0 Å². The van der Waals surface area contributed by atoms with Crippen LogP contribution >= 0.6 is 11.6 Å². The first-order valence-electron chi connectivity index (χ1n) is 7.61. The molecule has 1 aromatic heterocycles. The lowest BCUT2D eigenvalue weighted by atomic mass is 10.1. The number of furan rings is 1. The SMILES string of the molecule is Fc1ccc(CCNCc2ccc(-c3ccc(F)c(Cl)c3)o2)cc1. The Morgan fingerprint density at radius 3 is 2.50 bits per heavy atom. The topological polar surface area (TPSA) is 25.2 Å². The van der Waals surface area contributed by atoms with E-state index in [1.54, 1.807) is 24.3 Å². The van der Waals surface area contributed by atoms with Crippen LogP contribution in [0.3, 0.4) is 0 Å². The highest BCUT2D eigenvalue weighted by molar-refractivity contribution is 6.31. The maximum absolute atomic E-state index is 13.2. The van der Waals surface area contributed by atoms with Gasteiger partial charge in [0.15, 0.2) is 0 Å². The molecule has 124 valence electrons. The van der Waals surface area contributed by atoms with E-state index in [0.717, 1.165) is 29.9 Å². The molecule has 0 radical (unpaired) electrons. The first-order valence-corrected chi connectivity index (χ1v) is 7.99. The molecule has 3 aromatic rings. The minimum Gasteiger partial charge on any atom is -0.460 e. The van der Waals surface area contributed by atoms with Crippen molar-refractivity contribution >= 4 is 11.6 Å². The van der Waals surface area contributed by atoms with Crippen LogP contribution in [0.25, 0.3) is 11.3 Å². The number of hydrogen-bond donors (Lipinski definition) is 1. The molecule has 0 atom stereocenters. The van der Waals surface area contributed by atoms with Crippen LogP contribution in [0.4, 0.5) is 8.78 Å².